The molecule has 0 atom stereocenters. The number of aromatic amines is 1. The van der Waals surface area contributed by atoms with E-state index in [1.165, 1.54) is 0 Å². The second kappa shape index (κ2) is 5.08. The minimum Gasteiger partial charge on any atom is -0.360 e. The van der Waals surface area contributed by atoms with Gasteiger partial charge in [0.1, 0.15) is 0 Å². The van der Waals surface area contributed by atoms with Gasteiger partial charge in [-0.25, -0.2) is 0 Å². The van der Waals surface area contributed by atoms with Gasteiger partial charge in [-0.3, -0.25) is 4.79 Å². The third-order valence-electron chi connectivity index (χ3n) is 3.34. The van der Waals surface area contributed by atoms with Crippen molar-refractivity contribution in [1.29, 1.82) is 0 Å². The Morgan fingerprint density at radius 1 is 1.15 bits per heavy atom. The summed E-state index contributed by atoms with van der Waals surface area (Å²) in [5, 5.41) is 1.35. The van der Waals surface area contributed by atoms with Crippen molar-refractivity contribution in [1.82, 2.24) is 4.98 Å². The monoisotopic (exact) mass is 347 g/mol. The van der Waals surface area contributed by atoms with Gasteiger partial charge in [0, 0.05) is 32.7 Å². The molecule has 100 valence electrons. The molecule has 0 radical (unpaired) electrons. The molecule has 0 aliphatic rings. The molecule has 1 N–H and O–H groups in total. The maximum Gasteiger partial charge on any atom is 0.196 e. The number of H-pyrrole nitrogens is 1. The average molecular weight is 349 g/mol. The van der Waals surface area contributed by atoms with Crippen LogP contribution in [0.1, 0.15) is 21.5 Å². The van der Waals surface area contributed by atoms with E-state index in [1.807, 2.05) is 37.3 Å². The number of halogens is 2. The first-order valence-electron chi connectivity index (χ1n) is 6.15. The van der Waals surface area contributed by atoms with Gasteiger partial charge in [0.2, 0.25) is 0 Å². The number of carbonyl (C=O) groups excluding carboxylic acids is 1. The smallest absolute Gasteiger partial charge is 0.196 e. The topological polar surface area (TPSA) is 32.9 Å². The lowest BCUT2D eigenvalue weighted by Crippen LogP contribution is -2.02. The fraction of sp³-hybridized carbons (Fsp3) is 0.0625. The van der Waals surface area contributed by atoms with E-state index >= 15 is 0 Å². The third-order valence-corrected chi connectivity index (χ3v) is 4.70. The lowest BCUT2D eigenvalue weighted by molar-refractivity contribution is 0.103. The fourth-order valence-electron chi connectivity index (χ4n) is 2.29. The van der Waals surface area contributed by atoms with Gasteiger partial charge >= 0.3 is 0 Å². The molecule has 0 spiro atoms. The zero-order chi connectivity index (χ0) is 14.3. The molecule has 20 heavy (non-hydrogen) atoms. The standard InChI is InChI=1S/C16H11BrClNO/c1-9-4-2-5-10(15(9)17)16(20)11-8-19-13-7-3-6-12(18)14(11)13/h2-8,19H,1H3. The van der Waals surface area contributed by atoms with E-state index < -0.39 is 0 Å². The molecule has 1 aromatic heterocycles. The van der Waals surface area contributed by atoms with Gasteiger partial charge in [0.15, 0.2) is 5.78 Å². The Morgan fingerprint density at radius 2 is 1.90 bits per heavy atom. The molecule has 0 aliphatic carbocycles. The van der Waals surface area contributed by atoms with Crippen LogP contribution in [-0.2, 0) is 0 Å². The second-order valence-corrected chi connectivity index (χ2v) is 5.83. The molecule has 0 aliphatic heterocycles. The van der Waals surface area contributed by atoms with Crippen LogP contribution in [0.25, 0.3) is 10.9 Å². The molecule has 0 saturated heterocycles. The van der Waals surface area contributed by atoms with Crippen molar-refractivity contribution in [3.8, 4) is 0 Å². The SMILES string of the molecule is Cc1cccc(C(=O)c2c[nH]c3cccc(Cl)c23)c1Br. The maximum atomic E-state index is 12.7. The predicted molar refractivity (Wildman–Crippen MR) is 85.6 cm³/mol. The molecule has 0 unspecified atom stereocenters. The van der Waals surface area contributed by atoms with Crippen LogP contribution >= 0.6 is 27.5 Å². The number of ketones is 1. The summed E-state index contributed by atoms with van der Waals surface area (Å²) in [6.45, 7) is 1.96. The summed E-state index contributed by atoms with van der Waals surface area (Å²) in [6, 6.07) is 11.2. The molecule has 3 aromatic rings. The van der Waals surface area contributed by atoms with E-state index in [9.17, 15) is 4.79 Å². The summed E-state index contributed by atoms with van der Waals surface area (Å²) < 4.78 is 0.825. The molecule has 0 bridgehead atoms. The van der Waals surface area contributed by atoms with Gasteiger partial charge in [-0.15, -0.1) is 0 Å². The Kier molecular flexibility index (Phi) is 3.40. The van der Waals surface area contributed by atoms with Crippen LogP contribution in [0.4, 0.5) is 0 Å². The van der Waals surface area contributed by atoms with Crippen LogP contribution in [-0.4, -0.2) is 10.8 Å². The molecule has 2 nitrogen and oxygen atoms in total. The van der Waals surface area contributed by atoms with Crippen molar-refractivity contribution in [2.75, 3.05) is 0 Å². The highest BCUT2D eigenvalue weighted by Gasteiger charge is 2.18. The summed E-state index contributed by atoms with van der Waals surface area (Å²) in [5.41, 5.74) is 3.13. The Balaban J connectivity index is 2.21. The van der Waals surface area contributed by atoms with E-state index in [0.717, 1.165) is 20.9 Å². The number of hydrogen-bond acceptors (Lipinski definition) is 1. The minimum absolute atomic E-state index is 0.0417. The van der Waals surface area contributed by atoms with Gasteiger partial charge in [-0.2, -0.15) is 0 Å². The highest BCUT2D eigenvalue weighted by Crippen LogP contribution is 2.30. The Morgan fingerprint density at radius 3 is 2.70 bits per heavy atom. The number of nitrogens with one attached hydrogen (secondary N) is 1. The Hall–Kier alpha value is -1.58. The number of hydrogen-bond donors (Lipinski definition) is 1. The van der Waals surface area contributed by atoms with Crippen LogP contribution in [0.3, 0.4) is 0 Å². The number of carbonyl (C=O) groups is 1. The molecule has 4 heteroatoms. The van der Waals surface area contributed by atoms with Crippen molar-refractivity contribution in [2.24, 2.45) is 0 Å². The van der Waals surface area contributed by atoms with Crippen LogP contribution in [0.5, 0.6) is 0 Å². The second-order valence-electron chi connectivity index (χ2n) is 4.63. The van der Waals surface area contributed by atoms with E-state index in [4.69, 9.17) is 11.6 Å². The minimum atomic E-state index is -0.0417. The molecule has 0 saturated carbocycles. The number of rotatable bonds is 2. The van der Waals surface area contributed by atoms with E-state index in [0.29, 0.717) is 16.1 Å². The normalized spacial score (nSPS) is 10.9. The van der Waals surface area contributed by atoms with E-state index in [2.05, 4.69) is 20.9 Å². The molecule has 1 heterocycles. The van der Waals surface area contributed by atoms with Gasteiger partial charge < -0.3 is 4.98 Å². The van der Waals surface area contributed by atoms with Crippen molar-refractivity contribution < 1.29 is 4.79 Å². The van der Waals surface area contributed by atoms with Crippen LogP contribution < -0.4 is 0 Å². The van der Waals surface area contributed by atoms with Crippen molar-refractivity contribution in [2.45, 2.75) is 6.92 Å². The first kappa shape index (κ1) is 13.4. The summed E-state index contributed by atoms with van der Waals surface area (Å²) in [4.78, 5) is 15.8. The van der Waals surface area contributed by atoms with Crippen LogP contribution in [0.2, 0.25) is 5.02 Å². The molecular formula is C16H11BrClNO. The predicted octanol–water partition coefficient (Wildman–Crippen LogP) is 5.12. The van der Waals surface area contributed by atoms with Crippen molar-refractivity contribution in [3.63, 3.8) is 0 Å². The highest BCUT2D eigenvalue weighted by atomic mass is 79.9. The van der Waals surface area contributed by atoms with Gasteiger partial charge in [0.05, 0.1) is 5.02 Å². The van der Waals surface area contributed by atoms with E-state index in [-0.39, 0.29) is 5.78 Å². The summed E-state index contributed by atoms with van der Waals surface area (Å²) >= 11 is 9.71. The quantitative estimate of drug-likeness (QED) is 0.640. The van der Waals surface area contributed by atoms with Crippen LogP contribution in [0, 0.1) is 6.92 Å². The number of fused-ring (bicyclic) bond motifs is 1. The highest BCUT2D eigenvalue weighted by molar-refractivity contribution is 9.10. The summed E-state index contributed by atoms with van der Waals surface area (Å²) in [5.74, 6) is -0.0417. The van der Waals surface area contributed by atoms with Crippen molar-refractivity contribution in [3.05, 3.63) is 68.8 Å². The fourth-order valence-corrected chi connectivity index (χ4v) is 3.01. The first-order chi connectivity index (χ1) is 9.59. The first-order valence-corrected chi connectivity index (χ1v) is 7.32. The third kappa shape index (κ3) is 2.07. The van der Waals surface area contributed by atoms with E-state index in [1.54, 1.807) is 12.3 Å². The van der Waals surface area contributed by atoms with Gasteiger partial charge in [0.25, 0.3) is 0 Å². The lowest BCUT2D eigenvalue weighted by atomic mass is 10.0. The largest absolute Gasteiger partial charge is 0.360 e. The number of aryl methyl sites for hydroxylation is 1. The lowest BCUT2D eigenvalue weighted by Gasteiger charge is -2.06. The number of benzene rings is 2. The summed E-state index contributed by atoms with van der Waals surface area (Å²) in [6.07, 6.45) is 1.72. The molecule has 3 rings (SSSR count). The maximum absolute atomic E-state index is 12.7. The molecule has 2 aromatic carbocycles. The average Bonchev–Trinajstić information content (AvgIpc) is 2.86. The molecular weight excluding hydrogens is 338 g/mol. The zero-order valence-corrected chi connectivity index (χ0v) is 13.0. The molecule has 0 fully saturated rings. The molecule has 0 amide bonds. The summed E-state index contributed by atoms with van der Waals surface area (Å²) in [7, 11) is 0. The van der Waals surface area contributed by atoms with Crippen molar-refractivity contribution >= 4 is 44.2 Å². The zero-order valence-electron chi connectivity index (χ0n) is 10.7. The number of aromatic nitrogens is 1. The Labute approximate surface area is 129 Å². The van der Waals surface area contributed by atoms with Crippen LogP contribution in [0.15, 0.2) is 47.1 Å². The van der Waals surface area contributed by atoms with Gasteiger partial charge in [-0.05, 0) is 46.6 Å². The Bertz CT molecular complexity index is 822. The van der Waals surface area contributed by atoms with Gasteiger partial charge in [-0.1, -0.05) is 29.8 Å².